The lowest BCUT2D eigenvalue weighted by Crippen LogP contribution is -2.02. The fourth-order valence-electron chi connectivity index (χ4n) is 1.38. The standard InChI is InChI=1S/C10H10O2/c1-12-9-3-2-7-4-8(6-11)10(7)5-9/h2-5,11H,6H2,1H3. The van der Waals surface area contributed by atoms with Crippen molar-refractivity contribution in [1.82, 2.24) is 0 Å². The number of hydrogen-bond donors (Lipinski definition) is 1. The predicted octanol–water partition coefficient (Wildman–Crippen LogP) is 1.54. The fraction of sp³-hybridized carbons (Fsp3) is 0.200. The number of methoxy groups -OCH3 is 1. The molecule has 2 rings (SSSR count). The highest BCUT2D eigenvalue weighted by atomic mass is 16.5. The molecule has 2 nitrogen and oxygen atoms in total. The molecule has 12 heavy (non-hydrogen) atoms. The maximum absolute atomic E-state index is 8.89. The Labute approximate surface area is 71.1 Å². The van der Waals surface area contributed by atoms with Gasteiger partial charge in [0.2, 0.25) is 0 Å². The maximum atomic E-state index is 8.89. The number of aliphatic hydroxyl groups is 1. The van der Waals surface area contributed by atoms with E-state index in [0.29, 0.717) is 0 Å². The number of aliphatic hydroxyl groups excluding tert-OH is 1. The second-order valence-corrected chi connectivity index (χ2v) is 2.78. The third-order valence-corrected chi connectivity index (χ3v) is 2.11. The van der Waals surface area contributed by atoms with Crippen LogP contribution in [0.2, 0.25) is 0 Å². The highest BCUT2D eigenvalue weighted by molar-refractivity contribution is 5.96. The van der Waals surface area contributed by atoms with Crippen LogP contribution < -0.4 is 4.74 Å². The van der Waals surface area contributed by atoms with Gasteiger partial charge in [-0.1, -0.05) is 6.07 Å². The van der Waals surface area contributed by atoms with Gasteiger partial charge in [-0.25, -0.2) is 0 Å². The van der Waals surface area contributed by atoms with Crippen LogP contribution in [0, 0.1) is 0 Å². The van der Waals surface area contributed by atoms with Gasteiger partial charge in [-0.2, -0.15) is 0 Å². The van der Waals surface area contributed by atoms with Crippen LogP contribution in [0.1, 0.15) is 11.1 Å². The van der Waals surface area contributed by atoms with Gasteiger partial charge in [-0.05, 0) is 34.9 Å². The van der Waals surface area contributed by atoms with E-state index in [2.05, 4.69) is 0 Å². The van der Waals surface area contributed by atoms with E-state index in [4.69, 9.17) is 9.84 Å². The van der Waals surface area contributed by atoms with Gasteiger partial charge in [0.1, 0.15) is 5.75 Å². The molecule has 0 amide bonds. The third-order valence-electron chi connectivity index (χ3n) is 2.11. The summed E-state index contributed by atoms with van der Waals surface area (Å²) in [6, 6.07) is 5.86. The number of fused-ring (bicyclic) bond motifs is 1. The molecule has 0 saturated carbocycles. The van der Waals surface area contributed by atoms with Gasteiger partial charge in [0, 0.05) is 0 Å². The smallest absolute Gasteiger partial charge is 0.119 e. The van der Waals surface area contributed by atoms with Crippen molar-refractivity contribution in [3.63, 3.8) is 0 Å². The fourth-order valence-corrected chi connectivity index (χ4v) is 1.38. The van der Waals surface area contributed by atoms with Gasteiger partial charge in [0.25, 0.3) is 0 Å². The van der Waals surface area contributed by atoms with Crippen LogP contribution >= 0.6 is 0 Å². The quantitative estimate of drug-likeness (QED) is 0.714. The predicted molar refractivity (Wildman–Crippen MR) is 48.0 cm³/mol. The molecular weight excluding hydrogens is 152 g/mol. The molecule has 1 N–H and O–H groups in total. The minimum atomic E-state index is 0.111. The van der Waals surface area contributed by atoms with E-state index in [1.807, 2.05) is 24.3 Å². The van der Waals surface area contributed by atoms with Gasteiger partial charge in [0.15, 0.2) is 0 Å². The average molecular weight is 162 g/mol. The van der Waals surface area contributed by atoms with Crippen molar-refractivity contribution in [2.75, 3.05) is 13.7 Å². The first-order chi connectivity index (χ1) is 5.85. The lowest BCUT2D eigenvalue weighted by Gasteiger charge is -2.18. The highest BCUT2D eigenvalue weighted by Gasteiger charge is 2.15. The Morgan fingerprint density at radius 2 is 2.25 bits per heavy atom. The summed E-state index contributed by atoms with van der Waals surface area (Å²) < 4.78 is 5.07. The van der Waals surface area contributed by atoms with Crippen molar-refractivity contribution in [1.29, 1.82) is 0 Å². The van der Waals surface area contributed by atoms with Crippen molar-refractivity contribution in [2.45, 2.75) is 0 Å². The van der Waals surface area contributed by atoms with E-state index in [0.717, 1.165) is 16.9 Å². The first-order valence-corrected chi connectivity index (χ1v) is 3.85. The molecule has 0 heterocycles. The summed E-state index contributed by atoms with van der Waals surface area (Å²) in [5, 5.41) is 8.89. The lowest BCUT2D eigenvalue weighted by molar-refractivity contribution is 0.350. The Kier molecular flexibility index (Phi) is 1.62. The second kappa shape index (κ2) is 2.64. The number of hydrogen-bond acceptors (Lipinski definition) is 2. The van der Waals surface area contributed by atoms with Crippen LogP contribution in [-0.4, -0.2) is 18.8 Å². The molecule has 2 heteroatoms. The summed E-state index contributed by atoms with van der Waals surface area (Å²) in [7, 11) is 1.64. The van der Waals surface area contributed by atoms with Crippen molar-refractivity contribution in [2.24, 2.45) is 0 Å². The molecule has 0 aromatic heterocycles. The van der Waals surface area contributed by atoms with Crippen LogP contribution in [0.4, 0.5) is 0 Å². The molecule has 0 bridgehead atoms. The molecule has 0 saturated heterocycles. The zero-order valence-corrected chi connectivity index (χ0v) is 6.87. The van der Waals surface area contributed by atoms with Crippen molar-refractivity contribution < 1.29 is 9.84 Å². The number of benzene rings is 1. The van der Waals surface area contributed by atoms with Crippen LogP contribution in [0.5, 0.6) is 5.75 Å². The van der Waals surface area contributed by atoms with E-state index < -0.39 is 0 Å². The molecule has 0 fully saturated rings. The largest absolute Gasteiger partial charge is 0.497 e. The molecule has 0 atom stereocenters. The molecule has 1 aromatic carbocycles. The van der Waals surface area contributed by atoms with Gasteiger partial charge >= 0.3 is 0 Å². The zero-order valence-electron chi connectivity index (χ0n) is 6.87. The Hall–Kier alpha value is -1.28. The van der Waals surface area contributed by atoms with Crippen molar-refractivity contribution in [3.8, 4) is 5.75 Å². The Balaban J connectivity index is 2.37. The van der Waals surface area contributed by atoms with Gasteiger partial charge in [0.05, 0.1) is 13.7 Å². The molecule has 1 aliphatic rings. The topological polar surface area (TPSA) is 29.5 Å². The first kappa shape index (κ1) is 7.37. The molecule has 0 unspecified atom stereocenters. The van der Waals surface area contributed by atoms with E-state index in [-0.39, 0.29) is 6.61 Å². The molecule has 0 spiro atoms. The Bertz CT molecular complexity index is 340. The summed E-state index contributed by atoms with van der Waals surface area (Å²) >= 11 is 0. The van der Waals surface area contributed by atoms with Gasteiger partial charge in [-0.15, -0.1) is 0 Å². The molecule has 62 valence electrons. The van der Waals surface area contributed by atoms with E-state index in [1.54, 1.807) is 7.11 Å². The summed E-state index contributed by atoms with van der Waals surface area (Å²) in [5.74, 6) is 0.841. The Morgan fingerprint density at radius 1 is 1.42 bits per heavy atom. The molecular formula is C10H10O2. The Morgan fingerprint density at radius 3 is 2.92 bits per heavy atom. The van der Waals surface area contributed by atoms with Crippen LogP contribution in [0.25, 0.3) is 11.6 Å². The number of rotatable bonds is 2. The van der Waals surface area contributed by atoms with Gasteiger partial charge in [-0.3, -0.25) is 0 Å². The van der Waals surface area contributed by atoms with E-state index in [1.165, 1.54) is 5.56 Å². The minimum absolute atomic E-state index is 0.111. The van der Waals surface area contributed by atoms with Crippen LogP contribution in [-0.2, 0) is 0 Å². The van der Waals surface area contributed by atoms with Crippen LogP contribution in [0.15, 0.2) is 18.2 Å². The summed E-state index contributed by atoms with van der Waals surface area (Å²) in [6.07, 6.45) is 1.98. The number of ether oxygens (including phenoxy) is 1. The summed E-state index contributed by atoms with van der Waals surface area (Å²) in [4.78, 5) is 0. The average Bonchev–Trinajstić information content (AvgIpc) is 2.08. The monoisotopic (exact) mass is 162 g/mol. The van der Waals surface area contributed by atoms with Crippen molar-refractivity contribution in [3.05, 3.63) is 29.3 Å². The zero-order chi connectivity index (χ0) is 8.55. The third kappa shape index (κ3) is 0.924. The van der Waals surface area contributed by atoms with E-state index >= 15 is 0 Å². The maximum Gasteiger partial charge on any atom is 0.119 e. The first-order valence-electron chi connectivity index (χ1n) is 3.85. The van der Waals surface area contributed by atoms with Crippen molar-refractivity contribution >= 4 is 11.6 Å². The molecule has 0 radical (unpaired) electrons. The summed E-state index contributed by atoms with van der Waals surface area (Å²) in [5.41, 5.74) is 3.28. The SMILES string of the molecule is COc1ccc2c(c1)C(CO)=C2. The van der Waals surface area contributed by atoms with E-state index in [9.17, 15) is 0 Å². The highest BCUT2D eigenvalue weighted by Crippen LogP contribution is 2.34. The second-order valence-electron chi connectivity index (χ2n) is 2.78. The summed E-state index contributed by atoms with van der Waals surface area (Å²) in [6.45, 7) is 0.111. The molecule has 0 aliphatic heterocycles. The minimum Gasteiger partial charge on any atom is -0.497 e. The lowest BCUT2D eigenvalue weighted by atomic mass is 9.89. The van der Waals surface area contributed by atoms with Gasteiger partial charge < -0.3 is 9.84 Å². The normalized spacial score (nSPS) is 13.0. The molecule has 1 aliphatic carbocycles. The van der Waals surface area contributed by atoms with Crippen LogP contribution in [0.3, 0.4) is 0 Å². The molecule has 1 aromatic rings.